The number of nitrogens with one attached hydrogen (secondary N) is 1. The molecule has 100 valence electrons. The Labute approximate surface area is 118 Å². The van der Waals surface area contributed by atoms with Crippen LogP contribution in [0.15, 0.2) is 11.4 Å². The van der Waals surface area contributed by atoms with Gasteiger partial charge in [0.1, 0.15) is 0 Å². The van der Waals surface area contributed by atoms with E-state index in [1.165, 1.54) is 37.6 Å². The maximum atomic E-state index is 6.33. The van der Waals surface area contributed by atoms with Crippen LogP contribution in [0.25, 0.3) is 0 Å². The van der Waals surface area contributed by atoms with E-state index in [2.05, 4.69) is 27.4 Å². The molecule has 18 heavy (non-hydrogen) atoms. The first-order valence-corrected chi connectivity index (χ1v) is 7.98. The summed E-state index contributed by atoms with van der Waals surface area (Å²) in [4.78, 5) is 6.51. The number of halogens is 1. The summed E-state index contributed by atoms with van der Waals surface area (Å²) in [6, 6.07) is 2.97. The molecule has 3 saturated heterocycles. The van der Waals surface area contributed by atoms with Gasteiger partial charge in [-0.25, -0.2) is 0 Å². The third-order valence-corrected chi connectivity index (χ3v) is 5.50. The lowest BCUT2D eigenvalue weighted by atomic mass is 9.99. The van der Waals surface area contributed by atoms with E-state index in [-0.39, 0.29) is 0 Å². The molecule has 1 aromatic rings. The lowest BCUT2D eigenvalue weighted by Gasteiger charge is -2.50. The molecule has 2 unspecified atom stereocenters. The first-order valence-electron chi connectivity index (χ1n) is 6.72. The summed E-state index contributed by atoms with van der Waals surface area (Å²) in [5.74, 6) is 0. The monoisotopic (exact) mass is 285 g/mol. The SMILES string of the molecule is CCNC(c1sccc1Cl)C1CN2CCN1CC2. The van der Waals surface area contributed by atoms with Crippen molar-refractivity contribution in [1.29, 1.82) is 0 Å². The fourth-order valence-electron chi connectivity index (χ4n) is 3.12. The van der Waals surface area contributed by atoms with Crippen LogP contribution in [0.3, 0.4) is 0 Å². The van der Waals surface area contributed by atoms with Crippen LogP contribution < -0.4 is 5.32 Å². The van der Waals surface area contributed by atoms with E-state index in [4.69, 9.17) is 11.6 Å². The van der Waals surface area contributed by atoms with Crippen LogP contribution in [-0.2, 0) is 0 Å². The average Bonchev–Trinajstić information content (AvgIpc) is 2.83. The minimum atomic E-state index is 0.380. The van der Waals surface area contributed by atoms with E-state index in [1.54, 1.807) is 11.3 Å². The molecule has 0 aliphatic carbocycles. The lowest BCUT2D eigenvalue weighted by molar-refractivity contribution is -0.00288. The highest BCUT2D eigenvalue weighted by atomic mass is 35.5. The highest BCUT2D eigenvalue weighted by molar-refractivity contribution is 7.10. The molecule has 1 N–H and O–H groups in total. The van der Waals surface area contributed by atoms with Crippen molar-refractivity contribution in [3.8, 4) is 0 Å². The van der Waals surface area contributed by atoms with Crippen molar-refractivity contribution in [3.05, 3.63) is 21.3 Å². The van der Waals surface area contributed by atoms with Crippen molar-refractivity contribution < 1.29 is 0 Å². The molecule has 3 aliphatic heterocycles. The molecule has 2 bridgehead atoms. The zero-order valence-electron chi connectivity index (χ0n) is 10.7. The fraction of sp³-hybridized carbons (Fsp3) is 0.692. The average molecular weight is 286 g/mol. The highest BCUT2D eigenvalue weighted by Gasteiger charge is 2.38. The predicted molar refractivity (Wildman–Crippen MR) is 77.5 cm³/mol. The molecule has 0 spiro atoms. The van der Waals surface area contributed by atoms with E-state index >= 15 is 0 Å². The van der Waals surface area contributed by atoms with Gasteiger partial charge in [-0.1, -0.05) is 18.5 Å². The molecule has 3 aliphatic rings. The van der Waals surface area contributed by atoms with Gasteiger partial charge in [0.2, 0.25) is 0 Å². The third kappa shape index (κ3) is 2.32. The van der Waals surface area contributed by atoms with Gasteiger partial charge in [-0.05, 0) is 18.0 Å². The molecule has 3 fully saturated rings. The second kappa shape index (κ2) is 5.47. The zero-order chi connectivity index (χ0) is 12.5. The molecule has 4 heterocycles. The number of thiophene rings is 1. The molecule has 5 heteroatoms. The van der Waals surface area contributed by atoms with E-state index in [1.807, 2.05) is 6.07 Å². The Bertz CT molecular complexity index is 401. The quantitative estimate of drug-likeness (QED) is 0.913. The summed E-state index contributed by atoms with van der Waals surface area (Å²) in [7, 11) is 0. The Morgan fingerprint density at radius 1 is 1.44 bits per heavy atom. The van der Waals surface area contributed by atoms with Gasteiger partial charge in [-0.15, -0.1) is 11.3 Å². The van der Waals surface area contributed by atoms with Crippen molar-refractivity contribution in [2.24, 2.45) is 0 Å². The van der Waals surface area contributed by atoms with Gasteiger partial charge in [-0.2, -0.15) is 0 Å². The summed E-state index contributed by atoms with van der Waals surface area (Å²) in [6.07, 6.45) is 0. The minimum absolute atomic E-state index is 0.380. The van der Waals surface area contributed by atoms with Crippen LogP contribution in [0.2, 0.25) is 5.02 Å². The van der Waals surface area contributed by atoms with E-state index in [0.717, 1.165) is 11.6 Å². The first kappa shape index (κ1) is 12.9. The fourth-order valence-corrected chi connectivity index (χ4v) is 4.43. The van der Waals surface area contributed by atoms with Crippen molar-refractivity contribution in [3.63, 3.8) is 0 Å². The summed E-state index contributed by atoms with van der Waals surface area (Å²) < 4.78 is 0. The van der Waals surface area contributed by atoms with Gasteiger partial charge < -0.3 is 5.32 Å². The lowest BCUT2D eigenvalue weighted by Crippen LogP contribution is -2.63. The maximum Gasteiger partial charge on any atom is 0.0600 e. The van der Waals surface area contributed by atoms with Crippen LogP contribution in [0.5, 0.6) is 0 Å². The molecule has 3 nitrogen and oxygen atoms in total. The van der Waals surface area contributed by atoms with Gasteiger partial charge in [0.15, 0.2) is 0 Å². The Morgan fingerprint density at radius 3 is 2.72 bits per heavy atom. The van der Waals surface area contributed by atoms with Crippen molar-refractivity contribution >= 4 is 22.9 Å². The number of hydrogen-bond acceptors (Lipinski definition) is 4. The number of rotatable bonds is 4. The summed E-state index contributed by atoms with van der Waals surface area (Å²) in [6.45, 7) is 9.20. The first-order chi connectivity index (χ1) is 8.79. The molecule has 2 atom stereocenters. The topological polar surface area (TPSA) is 18.5 Å². The molecule has 0 radical (unpaired) electrons. The van der Waals surface area contributed by atoms with E-state index in [0.29, 0.717) is 12.1 Å². The smallest absolute Gasteiger partial charge is 0.0600 e. The third-order valence-electron chi connectivity index (χ3n) is 4.06. The van der Waals surface area contributed by atoms with Gasteiger partial charge in [-0.3, -0.25) is 9.80 Å². The van der Waals surface area contributed by atoms with Gasteiger partial charge in [0.25, 0.3) is 0 Å². The molecule has 1 aromatic heterocycles. The van der Waals surface area contributed by atoms with Gasteiger partial charge in [0, 0.05) is 43.6 Å². The van der Waals surface area contributed by atoms with Crippen molar-refractivity contribution in [1.82, 2.24) is 15.1 Å². The van der Waals surface area contributed by atoms with Gasteiger partial charge in [0.05, 0.1) is 11.1 Å². The van der Waals surface area contributed by atoms with Crippen LogP contribution in [0.4, 0.5) is 0 Å². The molecule has 0 saturated carbocycles. The Kier molecular flexibility index (Phi) is 3.91. The summed E-state index contributed by atoms with van der Waals surface area (Å²) in [5.41, 5.74) is 0. The standard InChI is InChI=1S/C13H20ClN3S/c1-2-15-12(13-10(14)3-8-18-13)11-9-16-4-6-17(11)7-5-16/h3,8,11-12,15H,2,4-7,9H2,1H3. The van der Waals surface area contributed by atoms with Crippen LogP contribution in [-0.4, -0.2) is 55.1 Å². The second-order valence-corrected chi connectivity index (χ2v) is 6.43. The Balaban J connectivity index is 1.84. The number of piperazine rings is 3. The Morgan fingerprint density at radius 2 is 2.22 bits per heavy atom. The minimum Gasteiger partial charge on any atom is -0.308 e. The number of fused-ring (bicyclic) bond motifs is 3. The summed E-state index contributed by atoms with van der Waals surface area (Å²) in [5, 5.41) is 6.65. The largest absolute Gasteiger partial charge is 0.308 e. The second-order valence-electron chi connectivity index (χ2n) is 5.07. The van der Waals surface area contributed by atoms with Crippen LogP contribution >= 0.6 is 22.9 Å². The highest BCUT2D eigenvalue weighted by Crippen LogP contribution is 2.34. The van der Waals surface area contributed by atoms with Crippen LogP contribution in [0.1, 0.15) is 17.8 Å². The molecule has 0 aromatic carbocycles. The Hall–Kier alpha value is -0.130. The number of hydrogen-bond donors (Lipinski definition) is 1. The molecule has 0 amide bonds. The molecular formula is C13H20ClN3S. The number of nitrogens with zero attached hydrogens (tertiary/aromatic N) is 2. The van der Waals surface area contributed by atoms with Crippen molar-refractivity contribution in [2.45, 2.75) is 19.0 Å². The normalized spacial score (nSPS) is 32.7. The maximum absolute atomic E-state index is 6.33. The summed E-state index contributed by atoms with van der Waals surface area (Å²) >= 11 is 8.11. The van der Waals surface area contributed by atoms with E-state index in [9.17, 15) is 0 Å². The van der Waals surface area contributed by atoms with Crippen molar-refractivity contribution in [2.75, 3.05) is 39.3 Å². The van der Waals surface area contributed by atoms with Gasteiger partial charge >= 0.3 is 0 Å². The molecular weight excluding hydrogens is 266 g/mol. The van der Waals surface area contributed by atoms with Crippen LogP contribution in [0, 0.1) is 0 Å². The molecule has 4 rings (SSSR count). The number of likely N-dealkylation sites (N-methyl/N-ethyl adjacent to an activating group) is 1. The zero-order valence-corrected chi connectivity index (χ0v) is 12.3. The van der Waals surface area contributed by atoms with E-state index < -0.39 is 0 Å². The predicted octanol–water partition coefficient (Wildman–Crippen LogP) is 2.05.